The second-order valence-electron chi connectivity index (χ2n) is 5.57. The minimum Gasteiger partial charge on any atom is -0.369 e. The first-order valence-electron chi connectivity index (χ1n) is 7.48. The quantitative estimate of drug-likeness (QED) is 0.879. The van der Waals surface area contributed by atoms with Crippen molar-refractivity contribution in [2.75, 3.05) is 18.0 Å². The van der Waals surface area contributed by atoms with Crippen molar-refractivity contribution in [1.29, 1.82) is 0 Å². The molecule has 1 aromatic rings. The van der Waals surface area contributed by atoms with Gasteiger partial charge in [0.15, 0.2) is 0 Å². The Morgan fingerprint density at radius 1 is 1.28 bits per heavy atom. The molecule has 1 N–H and O–H groups in total. The molecule has 2 aliphatic rings. The second-order valence-corrected chi connectivity index (χ2v) is 5.57. The number of hydrogen-bond donors (Lipinski definition) is 1. The van der Waals surface area contributed by atoms with E-state index in [1.807, 2.05) is 0 Å². The molecule has 3 rings (SSSR count). The maximum absolute atomic E-state index is 3.48. The highest BCUT2D eigenvalue weighted by Crippen LogP contribution is 2.32. The Hall–Kier alpha value is -1.02. The highest BCUT2D eigenvalue weighted by atomic mass is 15.2. The van der Waals surface area contributed by atoms with Gasteiger partial charge >= 0.3 is 0 Å². The van der Waals surface area contributed by atoms with Crippen molar-refractivity contribution >= 4 is 5.69 Å². The van der Waals surface area contributed by atoms with E-state index in [0.717, 1.165) is 25.7 Å². The lowest BCUT2D eigenvalue weighted by molar-refractivity contribution is 0.604. The largest absolute Gasteiger partial charge is 0.369 e. The number of hydrogen-bond acceptors (Lipinski definition) is 2. The molecule has 0 radical (unpaired) electrons. The molecule has 1 heterocycles. The van der Waals surface area contributed by atoms with Crippen molar-refractivity contribution in [2.24, 2.45) is 0 Å². The lowest BCUT2D eigenvalue weighted by Crippen LogP contribution is -2.35. The Labute approximate surface area is 110 Å². The van der Waals surface area contributed by atoms with E-state index in [1.165, 1.54) is 43.4 Å². The van der Waals surface area contributed by atoms with E-state index in [2.05, 4.69) is 35.3 Å². The van der Waals surface area contributed by atoms with Crippen molar-refractivity contribution in [3.8, 4) is 0 Å². The number of nitrogens with one attached hydrogen (secondary N) is 1. The van der Waals surface area contributed by atoms with E-state index in [1.54, 1.807) is 5.56 Å². The Morgan fingerprint density at radius 2 is 2.11 bits per heavy atom. The SMILES string of the molecule is CCN(c1cccc2c1CCNC2)C1CCCC1. The molecule has 98 valence electrons. The van der Waals surface area contributed by atoms with Crippen molar-refractivity contribution < 1.29 is 0 Å². The smallest absolute Gasteiger partial charge is 0.0404 e. The van der Waals surface area contributed by atoms with Gasteiger partial charge in [-0.3, -0.25) is 0 Å². The fourth-order valence-corrected chi connectivity index (χ4v) is 3.62. The first kappa shape index (κ1) is 12.0. The highest BCUT2D eigenvalue weighted by molar-refractivity contribution is 5.58. The molecule has 1 saturated carbocycles. The molecule has 0 unspecified atom stereocenters. The minimum atomic E-state index is 0.788. The third-order valence-corrected chi connectivity index (χ3v) is 4.53. The Kier molecular flexibility index (Phi) is 3.55. The minimum absolute atomic E-state index is 0.788. The average molecular weight is 244 g/mol. The Bertz CT molecular complexity index is 408. The Balaban J connectivity index is 1.93. The summed E-state index contributed by atoms with van der Waals surface area (Å²) >= 11 is 0. The monoisotopic (exact) mass is 244 g/mol. The maximum atomic E-state index is 3.48. The predicted octanol–water partition coefficient (Wildman–Crippen LogP) is 3.10. The fourth-order valence-electron chi connectivity index (χ4n) is 3.62. The first-order valence-corrected chi connectivity index (χ1v) is 7.48. The summed E-state index contributed by atoms with van der Waals surface area (Å²) < 4.78 is 0. The molecular weight excluding hydrogens is 220 g/mol. The van der Waals surface area contributed by atoms with Crippen LogP contribution >= 0.6 is 0 Å². The maximum Gasteiger partial charge on any atom is 0.0404 e. The van der Waals surface area contributed by atoms with Crippen molar-refractivity contribution in [2.45, 2.75) is 51.6 Å². The van der Waals surface area contributed by atoms with Crippen molar-refractivity contribution in [1.82, 2.24) is 5.32 Å². The summed E-state index contributed by atoms with van der Waals surface area (Å²) in [5, 5.41) is 3.48. The number of rotatable bonds is 3. The number of benzene rings is 1. The van der Waals surface area contributed by atoms with Gasteiger partial charge in [-0.2, -0.15) is 0 Å². The number of anilines is 1. The first-order chi connectivity index (χ1) is 8.90. The molecule has 0 spiro atoms. The van der Waals surface area contributed by atoms with Crippen LogP contribution in [0.1, 0.15) is 43.7 Å². The molecule has 0 amide bonds. The van der Waals surface area contributed by atoms with Gasteiger partial charge in [0.25, 0.3) is 0 Å². The Morgan fingerprint density at radius 3 is 2.89 bits per heavy atom. The third-order valence-electron chi connectivity index (χ3n) is 4.53. The summed E-state index contributed by atoms with van der Waals surface area (Å²) in [7, 11) is 0. The van der Waals surface area contributed by atoms with E-state index in [4.69, 9.17) is 0 Å². The van der Waals surface area contributed by atoms with Crippen LogP contribution in [0.3, 0.4) is 0 Å². The molecule has 18 heavy (non-hydrogen) atoms. The van der Waals surface area contributed by atoms with Gasteiger partial charge in [-0.15, -0.1) is 0 Å². The molecule has 2 nitrogen and oxygen atoms in total. The molecule has 0 bridgehead atoms. The van der Waals surface area contributed by atoms with Gasteiger partial charge in [-0.1, -0.05) is 25.0 Å². The van der Waals surface area contributed by atoms with E-state index in [9.17, 15) is 0 Å². The van der Waals surface area contributed by atoms with Crippen LogP contribution in [0.25, 0.3) is 0 Å². The summed E-state index contributed by atoms with van der Waals surface area (Å²) in [6.45, 7) is 5.63. The summed E-state index contributed by atoms with van der Waals surface area (Å²) in [5.41, 5.74) is 4.63. The molecule has 1 aliphatic carbocycles. The van der Waals surface area contributed by atoms with Gasteiger partial charge in [-0.25, -0.2) is 0 Å². The molecule has 1 aromatic carbocycles. The van der Waals surface area contributed by atoms with Crippen LogP contribution in [0.15, 0.2) is 18.2 Å². The highest BCUT2D eigenvalue weighted by Gasteiger charge is 2.24. The zero-order chi connectivity index (χ0) is 12.4. The fraction of sp³-hybridized carbons (Fsp3) is 0.625. The second kappa shape index (κ2) is 5.31. The molecular formula is C16H24N2. The average Bonchev–Trinajstić information content (AvgIpc) is 2.94. The van der Waals surface area contributed by atoms with Crippen LogP contribution in [0.5, 0.6) is 0 Å². The number of nitrogens with zero attached hydrogens (tertiary/aromatic N) is 1. The van der Waals surface area contributed by atoms with Gasteiger partial charge in [0.1, 0.15) is 0 Å². The number of fused-ring (bicyclic) bond motifs is 1. The van der Waals surface area contributed by atoms with Crippen LogP contribution in [0, 0.1) is 0 Å². The molecule has 1 aliphatic heterocycles. The molecule has 0 atom stereocenters. The van der Waals surface area contributed by atoms with E-state index < -0.39 is 0 Å². The molecule has 0 aromatic heterocycles. The summed E-state index contributed by atoms with van der Waals surface area (Å²) in [5.74, 6) is 0. The zero-order valence-electron chi connectivity index (χ0n) is 11.4. The van der Waals surface area contributed by atoms with Gasteiger partial charge < -0.3 is 10.2 Å². The van der Waals surface area contributed by atoms with E-state index >= 15 is 0 Å². The normalized spacial score (nSPS) is 19.8. The molecule has 1 fully saturated rings. The van der Waals surface area contributed by atoms with Crippen LogP contribution in [-0.4, -0.2) is 19.1 Å². The van der Waals surface area contributed by atoms with Crippen LogP contribution in [-0.2, 0) is 13.0 Å². The van der Waals surface area contributed by atoms with Crippen molar-refractivity contribution in [3.05, 3.63) is 29.3 Å². The summed E-state index contributed by atoms with van der Waals surface area (Å²) in [6, 6.07) is 7.65. The summed E-state index contributed by atoms with van der Waals surface area (Å²) in [4.78, 5) is 2.66. The topological polar surface area (TPSA) is 15.3 Å². The van der Waals surface area contributed by atoms with Gasteiger partial charge in [0, 0.05) is 24.8 Å². The van der Waals surface area contributed by atoms with E-state index in [0.29, 0.717) is 0 Å². The van der Waals surface area contributed by atoms with Crippen LogP contribution in [0.2, 0.25) is 0 Å². The zero-order valence-corrected chi connectivity index (χ0v) is 11.4. The van der Waals surface area contributed by atoms with Gasteiger partial charge in [-0.05, 0) is 49.9 Å². The van der Waals surface area contributed by atoms with Crippen LogP contribution < -0.4 is 10.2 Å². The van der Waals surface area contributed by atoms with Gasteiger partial charge in [0.2, 0.25) is 0 Å². The summed E-state index contributed by atoms with van der Waals surface area (Å²) in [6.07, 6.45) is 6.79. The lowest BCUT2D eigenvalue weighted by atomic mass is 9.97. The predicted molar refractivity (Wildman–Crippen MR) is 77.1 cm³/mol. The molecule has 2 heteroatoms. The van der Waals surface area contributed by atoms with Gasteiger partial charge in [0.05, 0.1) is 0 Å². The van der Waals surface area contributed by atoms with Crippen LogP contribution in [0.4, 0.5) is 5.69 Å². The van der Waals surface area contributed by atoms with Crippen molar-refractivity contribution in [3.63, 3.8) is 0 Å². The molecule has 0 saturated heterocycles. The third kappa shape index (κ3) is 2.14. The lowest BCUT2D eigenvalue weighted by Gasteiger charge is -2.33. The standard InChI is InChI=1S/C16H24N2/c1-2-18(14-7-3-4-8-14)16-9-5-6-13-12-17-11-10-15(13)16/h5-6,9,14,17H,2-4,7-8,10-12H2,1H3. The van der Waals surface area contributed by atoms with E-state index in [-0.39, 0.29) is 0 Å².